The number of phenolic OH excluding ortho intramolecular Hbond substituents is 1. The number of pyridine rings is 1. The van der Waals surface area contributed by atoms with Crippen LogP contribution in [-0.2, 0) is 15.4 Å². The molecule has 1 aromatic carbocycles. The molecule has 0 saturated carbocycles. The maximum atomic E-state index is 13.9. The molecule has 0 aliphatic heterocycles. The SMILES string of the molecule is CCP(=O)(CC)/C(=C\c1cccnc1)c1cc(C(C)(C)C)c(O)c(C(C)(C)C)c1. The van der Waals surface area contributed by atoms with Crippen LogP contribution >= 0.6 is 7.14 Å². The molecule has 2 aromatic rings. The lowest BCUT2D eigenvalue weighted by atomic mass is 9.78. The van der Waals surface area contributed by atoms with Crippen LogP contribution in [0, 0.1) is 0 Å². The zero-order valence-electron chi connectivity index (χ0n) is 19.2. The molecule has 0 atom stereocenters. The Balaban J connectivity index is 2.90. The van der Waals surface area contributed by atoms with Crippen LogP contribution in [0.1, 0.15) is 77.6 Å². The Morgan fingerprint density at radius 1 is 1.03 bits per heavy atom. The second-order valence-corrected chi connectivity index (χ2v) is 13.3. The van der Waals surface area contributed by atoms with Crippen molar-refractivity contribution in [3.8, 4) is 5.75 Å². The molecule has 3 nitrogen and oxygen atoms in total. The van der Waals surface area contributed by atoms with Crippen molar-refractivity contribution in [2.24, 2.45) is 0 Å². The van der Waals surface area contributed by atoms with Gasteiger partial charge >= 0.3 is 0 Å². The molecule has 0 fully saturated rings. The predicted octanol–water partition coefficient (Wildman–Crippen LogP) is 7.28. The van der Waals surface area contributed by atoms with Gasteiger partial charge in [-0.1, -0.05) is 61.5 Å². The van der Waals surface area contributed by atoms with Gasteiger partial charge in [-0.2, -0.15) is 0 Å². The molecule has 0 amide bonds. The summed E-state index contributed by atoms with van der Waals surface area (Å²) in [5.74, 6) is 0.345. The van der Waals surface area contributed by atoms with E-state index in [1.165, 1.54) is 0 Å². The van der Waals surface area contributed by atoms with Gasteiger partial charge in [0.05, 0.1) is 0 Å². The molecule has 29 heavy (non-hydrogen) atoms. The van der Waals surface area contributed by atoms with E-state index < -0.39 is 7.14 Å². The summed E-state index contributed by atoms with van der Waals surface area (Å²) in [6, 6.07) is 7.94. The van der Waals surface area contributed by atoms with E-state index in [-0.39, 0.29) is 10.8 Å². The van der Waals surface area contributed by atoms with E-state index in [1.54, 1.807) is 12.4 Å². The quantitative estimate of drug-likeness (QED) is 0.524. The summed E-state index contributed by atoms with van der Waals surface area (Å²) < 4.78 is 13.9. The molecule has 0 aliphatic carbocycles. The van der Waals surface area contributed by atoms with E-state index in [2.05, 4.69) is 46.5 Å². The summed E-state index contributed by atoms with van der Waals surface area (Å²) in [5.41, 5.74) is 3.18. The maximum absolute atomic E-state index is 13.9. The van der Waals surface area contributed by atoms with Crippen LogP contribution in [0.2, 0.25) is 0 Å². The fourth-order valence-electron chi connectivity index (χ4n) is 3.55. The number of hydrogen-bond donors (Lipinski definition) is 1. The second-order valence-electron chi connectivity index (χ2n) is 9.76. The van der Waals surface area contributed by atoms with Crippen LogP contribution in [0.4, 0.5) is 0 Å². The third-order valence-corrected chi connectivity index (χ3v) is 8.78. The zero-order valence-corrected chi connectivity index (χ0v) is 20.1. The van der Waals surface area contributed by atoms with Crippen LogP contribution in [0.25, 0.3) is 11.4 Å². The first-order chi connectivity index (χ1) is 13.3. The van der Waals surface area contributed by atoms with Crippen LogP contribution in [0.15, 0.2) is 36.7 Å². The highest BCUT2D eigenvalue weighted by atomic mass is 31.2. The Hall–Kier alpha value is -1.86. The summed E-state index contributed by atoms with van der Waals surface area (Å²) in [6.45, 7) is 16.6. The van der Waals surface area contributed by atoms with Crippen molar-refractivity contribution in [2.45, 2.75) is 66.2 Å². The lowest BCUT2D eigenvalue weighted by Gasteiger charge is -2.30. The zero-order chi connectivity index (χ0) is 22.0. The number of benzene rings is 1. The van der Waals surface area contributed by atoms with E-state index in [0.29, 0.717) is 18.1 Å². The lowest BCUT2D eigenvalue weighted by molar-refractivity contribution is 0.423. The highest BCUT2D eigenvalue weighted by Crippen LogP contribution is 2.59. The van der Waals surface area contributed by atoms with Crippen LogP contribution in [0.5, 0.6) is 5.75 Å². The van der Waals surface area contributed by atoms with Crippen molar-refractivity contribution in [3.63, 3.8) is 0 Å². The number of aromatic hydroxyl groups is 1. The molecule has 0 unspecified atom stereocenters. The van der Waals surface area contributed by atoms with Crippen molar-refractivity contribution in [3.05, 3.63) is 58.9 Å². The molecule has 1 aromatic heterocycles. The Morgan fingerprint density at radius 2 is 1.55 bits per heavy atom. The monoisotopic (exact) mass is 413 g/mol. The van der Waals surface area contributed by atoms with Gasteiger partial charge in [0.15, 0.2) is 0 Å². The molecule has 0 aliphatic rings. The van der Waals surface area contributed by atoms with Gasteiger partial charge in [-0.05, 0) is 46.2 Å². The van der Waals surface area contributed by atoms with Crippen molar-refractivity contribution in [1.82, 2.24) is 4.98 Å². The Labute approximate surface area is 176 Å². The van der Waals surface area contributed by atoms with Gasteiger partial charge in [0.1, 0.15) is 12.9 Å². The average molecular weight is 414 g/mol. The number of hydrogen-bond acceptors (Lipinski definition) is 3. The minimum Gasteiger partial charge on any atom is -0.507 e. The summed E-state index contributed by atoms with van der Waals surface area (Å²) in [4.78, 5) is 4.22. The molecule has 1 heterocycles. The molecule has 2 rings (SSSR count). The number of nitrogens with zero attached hydrogens (tertiary/aromatic N) is 1. The van der Waals surface area contributed by atoms with E-state index in [9.17, 15) is 9.67 Å². The van der Waals surface area contributed by atoms with Crippen molar-refractivity contribution in [1.29, 1.82) is 0 Å². The summed E-state index contributed by atoms with van der Waals surface area (Å²) in [5, 5.41) is 11.9. The number of aromatic nitrogens is 1. The third kappa shape index (κ3) is 5.20. The summed E-state index contributed by atoms with van der Waals surface area (Å²) >= 11 is 0. The first kappa shape index (κ1) is 23.4. The molecule has 0 spiro atoms. The van der Waals surface area contributed by atoms with Crippen molar-refractivity contribution >= 4 is 18.5 Å². The van der Waals surface area contributed by atoms with Gasteiger partial charge in [-0.3, -0.25) is 4.98 Å². The predicted molar refractivity (Wildman–Crippen MR) is 126 cm³/mol. The highest BCUT2D eigenvalue weighted by molar-refractivity contribution is 7.74. The van der Waals surface area contributed by atoms with Crippen molar-refractivity contribution < 1.29 is 9.67 Å². The van der Waals surface area contributed by atoms with Gasteiger partial charge in [0.2, 0.25) is 0 Å². The van der Waals surface area contributed by atoms with Gasteiger partial charge in [0, 0.05) is 41.2 Å². The van der Waals surface area contributed by atoms with Crippen molar-refractivity contribution in [2.75, 3.05) is 12.3 Å². The highest BCUT2D eigenvalue weighted by Gasteiger charge is 2.30. The minimum absolute atomic E-state index is 0.234. The van der Waals surface area contributed by atoms with Crippen LogP contribution in [-0.4, -0.2) is 22.4 Å². The van der Waals surface area contributed by atoms with Gasteiger partial charge in [-0.25, -0.2) is 0 Å². The first-order valence-corrected chi connectivity index (χ1v) is 12.5. The number of rotatable bonds is 5. The summed E-state index contributed by atoms with van der Waals surface area (Å²) in [6.07, 6.45) is 6.77. The second kappa shape index (κ2) is 8.48. The Morgan fingerprint density at radius 3 is 1.93 bits per heavy atom. The fourth-order valence-corrected chi connectivity index (χ4v) is 5.66. The molecule has 0 saturated heterocycles. The molecular weight excluding hydrogens is 377 g/mol. The van der Waals surface area contributed by atoms with Gasteiger partial charge < -0.3 is 9.67 Å². The molecule has 0 bridgehead atoms. The Kier molecular flexibility index (Phi) is 6.85. The maximum Gasteiger partial charge on any atom is 0.123 e. The summed E-state index contributed by atoms with van der Waals surface area (Å²) in [7, 11) is -2.59. The molecule has 158 valence electrons. The average Bonchev–Trinajstić information content (AvgIpc) is 2.65. The molecule has 0 radical (unpaired) electrons. The molecular formula is C25H36NO2P. The topological polar surface area (TPSA) is 50.2 Å². The molecule has 1 N–H and O–H groups in total. The van der Waals surface area contributed by atoms with E-state index in [1.807, 2.05) is 44.2 Å². The van der Waals surface area contributed by atoms with Crippen LogP contribution in [0.3, 0.4) is 0 Å². The number of phenols is 1. The minimum atomic E-state index is -2.59. The van der Waals surface area contributed by atoms with E-state index in [0.717, 1.165) is 27.6 Å². The fraction of sp³-hybridized carbons (Fsp3) is 0.480. The Bertz CT molecular complexity index is 889. The smallest absolute Gasteiger partial charge is 0.123 e. The lowest BCUT2D eigenvalue weighted by Crippen LogP contribution is -2.18. The van der Waals surface area contributed by atoms with E-state index >= 15 is 0 Å². The third-order valence-electron chi connectivity index (χ3n) is 5.47. The van der Waals surface area contributed by atoms with Gasteiger partial charge in [-0.15, -0.1) is 0 Å². The first-order valence-electron chi connectivity index (χ1n) is 10.4. The van der Waals surface area contributed by atoms with Gasteiger partial charge in [0.25, 0.3) is 0 Å². The van der Waals surface area contributed by atoms with E-state index in [4.69, 9.17) is 0 Å². The normalized spacial score (nSPS) is 13.6. The largest absolute Gasteiger partial charge is 0.507 e. The molecule has 4 heteroatoms. The van der Waals surface area contributed by atoms with Crippen LogP contribution < -0.4 is 0 Å². The standard InChI is InChI=1S/C25H36NO2P/c1-9-29(28,10-2)22(14-18-12-11-13-26-17-18)19-15-20(24(3,4)5)23(27)21(16-19)25(6,7)8/h11-17,27H,9-10H2,1-8H3/b22-14-.